The highest BCUT2D eigenvalue weighted by Gasteiger charge is 2.11. The maximum atomic E-state index is 12.8. The molecule has 0 aliphatic rings. The van der Waals surface area contributed by atoms with Crippen molar-refractivity contribution in [1.29, 1.82) is 0 Å². The minimum absolute atomic E-state index is 0.0607. The molecule has 6 nitrogen and oxygen atoms in total. The van der Waals surface area contributed by atoms with Gasteiger partial charge in [0.25, 0.3) is 0 Å². The molecule has 1 aromatic carbocycles. The van der Waals surface area contributed by atoms with Gasteiger partial charge in [0.05, 0.1) is 22.3 Å². The van der Waals surface area contributed by atoms with Gasteiger partial charge >= 0.3 is 5.97 Å². The first kappa shape index (κ1) is 20.1. The van der Waals surface area contributed by atoms with E-state index in [0.29, 0.717) is 34.5 Å². The molecule has 0 atom stereocenters. The zero-order valence-electron chi connectivity index (χ0n) is 14.2. The average Bonchev–Trinajstić information content (AvgIpc) is 2.62. The Kier molecular flexibility index (Phi) is 7.76. The largest absolute Gasteiger partial charge is 0.462 e. The van der Waals surface area contributed by atoms with E-state index in [2.05, 4.69) is 15.6 Å². The van der Waals surface area contributed by atoms with Gasteiger partial charge in [0.1, 0.15) is 11.6 Å². The Hall–Kier alpha value is -2.23. The summed E-state index contributed by atoms with van der Waals surface area (Å²) in [6.07, 6.45) is 2.03. The minimum atomic E-state index is -0.428. The molecule has 138 valence electrons. The van der Waals surface area contributed by atoms with Crippen LogP contribution in [0.4, 0.5) is 10.2 Å². The number of nitrogens with zero attached hydrogens (tertiary/aromatic N) is 1. The second-order valence-electron chi connectivity index (χ2n) is 5.35. The molecule has 2 rings (SSSR count). The lowest BCUT2D eigenvalue weighted by Gasteiger charge is -2.10. The smallest absolute Gasteiger partial charge is 0.339 e. The number of rotatable bonds is 8. The molecule has 0 aliphatic heterocycles. The molecule has 0 fully saturated rings. The van der Waals surface area contributed by atoms with Crippen LogP contribution in [0.15, 0.2) is 36.5 Å². The number of hydrogen-bond acceptors (Lipinski definition) is 5. The van der Waals surface area contributed by atoms with Crippen LogP contribution in [-0.2, 0) is 16.0 Å². The van der Waals surface area contributed by atoms with Crippen molar-refractivity contribution in [2.24, 2.45) is 0 Å². The lowest BCUT2D eigenvalue weighted by atomic mass is 10.1. The topological polar surface area (TPSA) is 80.3 Å². The standard InChI is InChI=1S/C18H19FIN3O3/c1-2-26-18(25)13-9-15(20)17(22-10-13)23-11-16(24)21-8-7-12-3-5-14(19)6-4-12/h3-6,9-10H,2,7-8,11H2,1H3,(H,21,24)(H,22,23). The monoisotopic (exact) mass is 471 g/mol. The van der Waals surface area contributed by atoms with E-state index in [9.17, 15) is 14.0 Å². The summed E-state index contributed by atoms with van der Waals surface area (Å²) in [5, 5.41) is 5.72. The van der Waals surface area contributed by atoms with Crippen molar-refractivity contribution in [3.63, 3.8) is 0 Å². The van der Waals surface area contributed by atoms with Crippen LogP contribution >= 0.6 is 22.6 Å². The number of hydrogen-bond donors (Lipinski definition) is 2. The summed E-state index contributed by atoms with van der Waals surface area (Å²) < 4.78 is 18.5. The second kappa shape index (κ2) is 10.0. The third-order valence-electron chi connectivity index (χ3n) is 3.42. The minimum Gasteiger partial charge on any atom is -0.462 e. The summed E-state index contributed by atoms with van der Waals surface area (Å²) in [5.74, 6) is -0.368. The highest BCUT2D eigenvalue weighted by atomic mass is 127. The molecule has 1 aromatic heterocycles. The van der Waals surface area contributed by atoms with Crippen LogP contribution in [0.5, 0.6) is 0 Å². The quantitative estimate of drug-likeness (QED) is 0.458. The number of pyridine rings is 1. The van der Waals surface area contributed by atoms with E-state index in [-0.39, 0.29) is 18.3 Å². The van der Waals surface area contributed by atoms with E-state index in [1.165, 1.54) is 18.3 Å². The third kappa shape index (κ3) is 6.25. The number of carbonyl (C=O) groups is 2. The summed E-state index contributed by atoms with van der Waals surface area (Å²) in [5.41, 5.74) is 1.32. The molecule has 2 N–H and O–H groups in total. The van der Waals surface area contributed by atoms with E-state index in [4.69, 9.17) is 4.74 Å². The molecule has 2 aromatic rings. The highest BCUT2D eigenvalue weighted by molar-refractivity contribution is 14.1. The first-order valence-electron chi connectivity index (χ1n) is 8.07. The molecule has 0 spiro atoms. The van der Waals surface area contributed by atoms with Crippen molar-refractivity contribution in [3.05, 3.63) is 57.0 Å². The van der Waals surface area contributed by atoms with Gasteiger partial charge in [-0.05, 0) is 59.7 Å². The van der Waals surface area contributed by atoms with Gasteiger partial charge in [-0.3, -0.25) is 4.79 Å². The van der Waals surface area contributed by atoms with E-state index < -0.39 is 5.97 Å². The van der Waals surface area contributed by atoms with Crippen LogP contribution in [0.2, 0.25) is 0 Å². The Bertz CT molecular complexity index is 769. The van der Waals surface area contributed by atoms with Gasteiger partial charge in [-0.2, -0.15) is 0 Å². The Labute approximate surface area is 164 Å². The normalized spacial score (nSPS) is 10.3. The van der Waals surface area contributed by atoms with Crippen LogP contribution in [0.3, 0.4) is 0 Å². The zero-order valence-corrected chi connectivity index (χ0v) is 16.4. The van der Waals surface area contributed by atoms with E-state index in [0.717, 1.165) is 5.56 Å². The molecule has 1 amide bonds. The van der Waals surface area contributed by atoms with Crippen LogP contribution < -0.4 is 10.6 Å². The number of benzene rings is 1. The van der Waals surface area contributed by atoms with Gasteiger partial charge < -0.3 is 15.4 Å². The zero-order chi connectivity index (χ0) is 18.9. The number of carbonyl (C=O) groups excluding carboxylic acids is 2. The SMILES string of the molecule is CCOC(=O)c1cnc(NCC(=O)NCCc2ccc(F)cc2)c(I)c1. The molecular weight excluding hydrogens is 452 g/mol. The summed E-state index contributed by atoms with van der Waals surface area (Å²) in [6.45, 7) is 2.55. The van der Waals surface area contributed by atoms with Crippen molar-refractivity contribution in [2.75, 3.05) is 25.0 Å². The number of aromatic nitrogens is 1. The number of esters is 1. The van der Waals surface area contributed by atoms with Crippen molar-refractivity contribution in [1.82, 2.24) is 10.3 Å². The summed E-state index contributed by atoms with van der Waals surface area (Å²) in [7, 11) is 0. The Morgan fingerprint density at radius 3 is 2.65 bits per heavy atom. The Balaban J connectivity index is 1.77. The number of ether oxygens (including phenoxy) is 1. The molecule has 26 heavy (non-hydrogen) atoms. The fraction of sp³-hybridized carbons (Fsp3) is 0.278. The second-order valence-corrected chi connectivity index (χ2v) is 6.52. The molecule has 0 bridgehead atoms. The first-order valence-corrected chi connectivity index (χ1v) is 9.15. The maximum Gasteiger partial charge on any atom is 0.339 e. The number of halogens is 2. The number of amides is 1. The number of anilines is 1. The van der Waals surface area contributed by atoms with Gasteiger partial charge in [-0.1, -0.05) is 12.1 Å². The molecule has 0 aliphatic carbocycles. The van der Waals surface area contributed by atoms with E-state index >= 15 is 0 Å². The van der Waals surface area contributed by atoms with Crippen LogP contribution in [0.1, 0.15) is 22.8 Å². The predicted molar refractivity (Wildman–Crippen MR) is 105 cm³/mol. The predicted octanol–water partition coefficient (Wildman–Crippen LogP) is 2.77. The molecule has 0 saturated carbocycles. The maximum absolute atomic E-state index is 12.8. The van der Waals surface area contributed by atoms with Crippen LogP contribution in [-0.4, -0.2) is 36.6 Å². The van der Waals surface area contributed by atoms with Crippen LogP contribution in [0.25, 0.3) is 0 Å². The fourth-order valence-corrected chi connectivity index (χ4v) is 2.78. The fourth-order valence-electron chi connectivity index (χ4n) is 2.12. The lowest BCUT2D eigenvalue weighted by Crippen LogP contribution is -2.31. The third-order valence-corrected chi connectivity index (χ3v) is 4.24. The molecule has 0 radical (unpaired) electrons. The van der Waals surface area contributed by atoms with E-state index in [1.54, 1.807) is 25.1 Å². The summed E-state index contributed by atoms with van der Waals surface area (Å²) in [4.78, 5) is 27.7. The lowest BCUT2D eigenvalue weighted by molar-refractivity contribution is -0.119. The molecule has 0 unspecified atom stereocenters. The Morgan fingerprint density at radius 2 is 2.00 bits per heavy atom. The van der Waals surface area contributed by atoms with Crippen molar-refractivity contribution in [3.8, 4) is 0 Å². The van der Waals surface area contributed by atoms with Gasteiger partial charge in [0.15, 0.2) is 0 Å². The number of nitrogens with one attached hydrogen (secondary N) is 2. The summed E-state index contributed by atoms with van der Waals surface area (Å²) in [6, 6.07) is 7.83. The average molecular weight is 471 g/mol. The van der Waals surface area contributed by atoms with Crippen LogP contribution in [0, 0.1) is 9.39 Å². The summed E-state index contributed by atoms with van der Waals surface area (Å²) >= 11 is 2.04. The van der Waals surface area contributed by atoms with Gasteiger partial charge in [0.2, 0.25) is 5.91 Å². The highest BCUT2D eigenvalue weighted by Crippen LogP contribution is 2.17. The Morgan fingerprint density at radius 1 is 1.27 bits per heavy atom. The van der Waals surface area contributed by atoms with Crippen molar-refractivity contribution >= 4 is 40.3 Å². The molecular formula is C18H19FIN3O3. The molecule has 8 heteroatoms. The molecule has 1 heterocycles. The van der Waals surface area contributed by atoms with Gasteiger partial charge in [-0.25, -0.2) is 14.2 Å². The molecule has 0 saturated heterocycles. The van der Waals surface area contributed by atoms with Gasteiger partial charge in [0, 0.05) is 12.7 Å². The van der Waals surface area contributed by atoms with E-state index in [1.807, 2.05) is 22.6 Å². The van der Waals surface area contributed by atoms with Gasteiger partial charge in [-0.15, -0.1) is 0 Å². The van der Waals surface area contributed by atoms with Crippen molar-refractivity contribution in [2.45, 2.75) is 13.3 Å². The van der Waals surface area contributed by atoms with Crippen molar-refractivity contribution < 1.29 is 18.7 Å². The first-order chi connectivity index (χ1) is 12.5.